The fourth-order valence-corrected chi connectivity index (χ4v) is 3.56. The van der Waals surface area contributed by atoms with Gasteiger partial charge in [0.05, 0.1) is 4.90 Å². The van der Waals surface area contributed by atoms with Crippen LogP contribution in [0, 0.1) is 6.92 Å². The molecule has 146 valence electrons. The van der Waals surface area contributed by atoms with Crippen LogP contribution in [0.3, 0.4) is 0 Å². The number of sulfonamides is 1. The van der Waals surface area contributed by atoms with Crippen LogP contribution < -0.4 is 0 Å². The zero-order chi connectivity index (χ0) is 20.3. The lowest BCUT2D eigenvalue weighted by molar-refractivity contribution is -0.142. The van der Waals surface area contributed by atoms with E-state index in [0.717, 1.165) is 22.7 Å². The first kappa shape index (κ1) is 22.6. The van der Waals surface area contributed by atoms with Gasteiger partial charge in [0.15, 0.2) is 0 Å². The van der Waals surface area contributed by atoms with Crippen molar-refractivity contribution >= 4 is 16.0 Å². The standard InChI is InChI=1S/C21H27NO4S/c1-5-7-8-9-10-19(4)16-22(17-21(23)26-15-6-2)27(24,25)20-13-11-18(3)12-14-20/h5-6,9-14H,1-2,4,7-8,15-17H2,3H3/b10-9+. The molecule has 0 spiro atoms. The van der Waals surface area contributed by atoms with E-state index in [-0.39, 0.29) is 18.0 Å². The topological polar surface area (TPSA) is 63.7 Å². The Hall–Kier alpha value is -2.44. The third kappa shape index (κ3) is 7.76. The third-order valence-electron chi connectivity index (χ3n) is 3.60. The number of rotatable bonds is 12. The number of hydrogen-bond acceptors (Lipinski definition) is 4. The van der Waals surface area contributed by atoms with E-state index in [1.54, 1.807) is 24.3 Å². The summed E-state index contributed by atoms with van der Waals surface area (Å²) < 4.78 is 32.0. The zero-order valence-electron chi connectivity index (χ0n) is 15.8. The van der Waals surface area contributed by atoms with Gasteiger partial charge in [0.1, 0.15) is 13.2 Å². The van der Waals surface area contributed by atoms with E-state index in [1.807, 2.05) is 13.0 Å². The summed E-state index contributed by atoms with van der Waals surface area (Å²) in [5.41, 5.74) is 1.52. The van der Waals surface area contributed by atoms with Crippen molar-refractivity contribution in [1.82, 2.24) is 4.31 Å². The molecule has 0 atom stereocenters. The Morgan fingerprint density at radius 2 is 1.78 bits per heavy atom. The van der Waals surface area contributed by atoms with Crippen molar-refractivity contribution in [3.8, 4) is 0 Å². The average molecular weight is 390 g/mol. The summed E-state index contributed by atoms with van der Waals surface area (Å²) in [6.07, 6.45) is 8.50. The maximum Gasteiger partial charge on any atom is 0.321 e. The van der Waals surface area contributed by atoms with Crippen molar-refractivity contribution in [3.05, 3.63) is 79.4 Å². The van der Waals surface area contributed by atoms with Gasteiger partial charge in [-0.25, -0.2) is 8.42 Å². The van der Waals surface area contributed by atoms with Gasteiger partial charge in [-0.3, -0.25) is 4.79 Å². The van der Waals surface area contributed by atoms with Gasteiger partial charge in [-0.05, 0) is 37.5 Å². The Balaban J connectivity index is 3.01. The van der Waals surface area contributed by atoms with Gasteiger partial charge >= 0.3 is 5.97 Å². The molecule has 0 radical (unpaired) electrons. The second-order valence-electron chi connectivity index (χ2n) is 5.98. The molecule has 6 heteroatoms. The maximum absolute atomic E-state index is 13.0. The van der Waals surface area contributed by atoms with E-state index in [0.29, 0.717) is 5.57 Å². The van der Waals surface area contributed by atoms with Crippen LogP contribution in [-0.4, -0.2) is 38.4 Å². The van der Waals surface area contributed by atoms with E-state index in [2.05, 4.69) is 19.7 Å². The van der Waals surface area contributed by atoms with Crippen LogP contribution in [0.5, 0.6) is 0 Å². The molecule has 0 aromatic heterocycles. The SMILES string of the molecule is C=CCC/C=C/C(=C)CN(CC(=O)OCC=C)S(=O)(=O)c1ccc(C)cc1. The predicted molar refractivity (Wildman–Crippen MR) is 109 cm³/mol. The molecule has 0 aliphatic rings. The quantitative estimate of drug-likeness (QED) is 0.236. The summed E-state index contributed by atoms with van der Waals surface area (Å²) in [5, 5.41) is 0. The summed E-state index contributed by atoms with van der Waals surface area (Å²) in [4.78, 5) is 12.1. The van der Waals surface area contributed by atoms with Crippen molar-refractivity contribution in [2.75, 3.05) is 19.7 Å². The highest BCUT2D eigenvalue weighted by atomic mass is 32.2. The van der Waals surface area contributed by atoms with E-state index in [4.69, 9.17) is 4.74 Å². The first-order valence-corrected chi connectivity index (χ1v) is 10.0. The number of nitrogens with zero attached hydrogens (tertiary/aromatic N) is 1. The van der Waals surface area contributed by atoms with Gasteiger partial charge in [-0.1, -0.05) is 55.2 Å². The molecular formula is C21H27NO4S. The number of carbonyl (C=O) groups is 1. The molecule has 0 aliphatic carbocycles. The predicted octanol–water partition coefficient (Wildman–Crippen LogP) is 3.79. The summed E-state index contributed by atoms with van der Waals surface area (Å²) in [6, 6.07) is 6.47. The number of hydrogen-bond donors (Lipinski definition) is 0. The Morgan fingerprint density at radius 3 is 2.37 bits per heavy atom. The molecule has 0 N–H and O–H groups in total. The van der Waals surface area contributed by atoms with Crippen LogP contribution in [0.1, 0.15) is 18.4 Å². The Labute approximate surface area is 162 Å². The second kappa shape index (κ2) is 11.3. The van der Waals surface area contributed by atoms with Crippen LogP contribution in [0.25, 0.3) is 0 Å². The van der Waals surface area contributed by atoms with Crippen LogP contribution >= 0.6 is 0 Å². The molecule has 0 amide bonds. The Kier molecular flexibility index (Phi) is 9.47. The number of unbranched alkanes of at least 4 members (excludes halogenated alkanes) is 1. The summed E-state index contributed by atoms with van der Waals surface area (Å²) in [6.45, 7) is 12.5. The largest absolute Gasteiger partial charge is 0.460 e. The van der Waals surface area contributed by atoms with Crippen molar-refractivity contribution in [2.45, 2.75) is 24.7 Å². The molecule has 1 rings (SSSR count). The first-order chi connectivity index (χ1) is 12.8. The molecular weight excluding hydrogens is 362 g/mol. The normalized spacial score (nSPS) is 11.5. The highest BCUT2D eigenvalue weighted by molar-refractivity contribution is 7.89. The minimum absolute atomic E-state index is 0.00993. The van der Waals surface area contributed by atoms with Crippen molar-refractivity contribution in [3.63, 3.8) is 0 Å². The molecule has 0 saturated heterocycles. The van der Waals surface area contributed by atoms with Crippen LogP contribution in [0.4, 0.5) is 0 Å². The minimum atomic E-state index is -3.87. The smallest absolute Gasteiger partial charge is 0.321 e. The van der Waals surface area contributed by atoms with Gasteiger partial charge in [-0.2, -0.15) is 4.31 Å². The molecule has 1 aromatic rings. The van der Waals surface area contributed by atoms with Crippen LogP contribution in [0.15, 0.2) is 78.8 Å². The molecule has 0 fully saturated rings. The molecule has 1 aromatic carbocycles. The van der Waals surface area contributed by atoms with E-state index < -0.39 is 22.5 Å². The highest BCUT2D eigenvalue weighted by Gasteiger charge is 2.27. The van der Waals surface area contributed by atoms with Gasteiger partial charge in [0.25, 0.3) is 0 Å². The number of ether oxygens (including phenoxy) is 1. The van der Waals surface area contributed by atoms with E-state index >= 15 is 0 Å². The lowest BCUT2D eigenvalue weighted by Crippen LogP contribution is -2.37. The van der Waals surface area contributed by atoms with Crippen molar-refractivity contribution in [2.24, 2.45) is 0 Å². The molecule has 0 saturated carbocycles. The average Bonchev–Trinajstić information content (AvgIpc) is 2.63. The van der Waals surface area contributed by atoms with E-state index in [1.165, 1.54) is 18.2 Å². The fraction of sp³-hybridized carbons (Fsp3) is 0.286. The maximum atomic E-state index is 13.0. The minimum Gasteiger partial charge on any atom is -0.460 e. The molecule has 0 bridgehead atoms. The monoisotopic (exact) mass is 389 g/mol. The molecule has 5 nitrogen and oxygen atoms in total. The number of allylic oxidation sites excluding steroid dienone is 2. The second-order valence-corrected chi connectivity index (χ2v) is 7.92. The van der Waals surface area contributed by atoms with Crippen molar-refractivity contribution in [1.29, 1.82) is 0 Å². The number of aryl methyl sites for hydroxylation is 1. The van der Waals surface area contributed by atoms with E-state index in [9.17, 15) is 13.2 Å². The van der Waals surface area contributed by atoms with Crippen LogP contribution in [-0.2, 0) is 19.6 Å². The number of benzene rings is 1. The molecule has 0 unspecified atom stereocenters. The molecule has 0 aliphatic heterocycles. The van der Waals surface area contributed by atoms with Gasteiger partial charge in [0.2, 0.25) is 10.0 Å². The number of carbonyl (C=O) groups excluding carboxylic acids is 1. The number of esters is 1. The van der Waals surface area contributed by atoms with Crippen LogP contribution in [0.2, 0.25) is 0 Å². The first-order valence-electron chi connectivity index (χ1n) is 8.59. The molecule has 27 heavy (non-hydrogen) atoms. The lowest BCUT2D eigenvalue weighted by Gasteiger charge is -2.21. The fourth-order valence-electron chi connectivity index (χ4n) is 2.17. The molecule has 0 heterocycles. The third-order valence-corrected chi connectivity index (χ3v) is 5.40. The van der Waals surface area contributed by atoms with Gasteiger partial charge < -0.3 is 4.74 Å². The summed E-state index contributed by atoms with van der Waals surface area (Å²) >= 11 is 0. The Bertz CT molecular complexity index is 792. The summed E-state index contributed by atoms with van der Waals surface area (Å²) in [7, 11) is -3.87. The Morgan fingerprint density at radius 1 is 1.11 bits per heavy atom. The highest BCUT2D eigenvalue weighted by Crippen LogP contribution is 2.18. The summed E-state index contributed by atoms with van der Waals surface area (Å²) in [5.74, 6) is -0.644. The van der Waals surface area contributed by atoms with Gasteiger partial charge in [-0.15, -0.1) is 6.58 Å². The van der Waals surface area contributed by atoms with Gasteiger partial charge in [0, 0.05) is 6.54 Å². The lowest BCUT2D eigenvalue weighted by atomic mass is 10.2. The zero-order valence-corrected chi connectivity index (χ0v) is 16.6. The van der Waals surface area contributed by atoms with Crippen molar-refractivity contribution < 1.29 is 17.9 Å².